The summed E-state index contributed by atoms with van der Waals surface area (Å²) in [7, 11) is 0.617. The largest absolute Gasteiger partial charge is 0.497 e. The third-order valence-electron chi connectivity index (χ3n) is 8.08. The molecule has 1 unspecified atom stereocenters. The standard InChI is InChI=1S/C37H44N4O7S2/c1-40(30-16-20-32(47-3)21-17-30)36(42)34(26-28-12-7-5-8-13-28)38-49(44)24-11-25-50(45,46)39-35(27-29-14-9-6-10-15-29)37(43)41(2)31-18-22-33(48-4)23-19-31/h5-10,12-23,34-35,38-39H,11,24-27H2,1-4H3/t34-,35-,49?/m0/s1. The summed E-state index contributed by atoms with van der Waals surface area (Å²) in [5.41, 5.74) is 2.87. The highest BCUT2D eigenvalue weighted by molar-refractivity contribution is 7.89. The van der Waals surface area contributed by atoms with E-state index in [-0.39, 0.29) is 36.7 Å². The first-order valence-electron chi connectivity index (χ1n) is 16.0. The topological polar surface area (TPSA) is 134 Å². The Balaban J connectivity index is 1.41. The number of carbonyl (C=O) groups is 2. The van der Waals surface area contributed by atoms with Crippen LogP contribution >= 0.6 is 0 Å². The molecule has 0 aliphatic heterocycles. The van der Waals surface area contributed by atoms with E-state index in [1.54, 1.807) is 76.8 Å². The average molecular weight is 721 g/mol. The van der Waals surface area contributed by atoms with Crippen LogP contribution in [0.1, 0.15) is 17.5 Å². The molecule has 0 heterocycles. The molecule has 0 saturated heterocycles. The molecule has 0 spiro atoms. The van der Waals surface area contributed by atoms with Gasteiger partial charge in [-0.25, -0.2) is 22.1 Å². The van der Waals surface area contributed by atoms with Crippen LogP contribution in [0.25, 0.3) is 0 Å². The van der Waals surface area contributed by atoms with Crippen LogP contribution in [0.4, 0.5) is 11.4 Å². The highest BCUT2D eigenvalue weighted by Gasteiger charge is 2.29. The summed E-state index contributed by atoms with van der Waals surface area (Å²) in [4.78, 5) is 30.2. The number of rotatable bonds is 18. The number of anilines is 2. The lowest BCUT2D eigenvalue weighted by Crippen LogP contribution is -2.49. The van der Waals surface area contributed by atoms with Gasteiger partial charge in [0.25, 0.3) is 0 Å². The van der Waals surface area contributed by atoms with Gasteiger partial charge in [-0.3, -0.25) is 9.59 Å². The van der Waals surface area contributed by atoms with Crippen molar-refractivity contribution in [2.75, 3.05) is 49.6 Å². The van der Waals surface area contributed by atoms with E-state index in [2.05, 4.69) is 9.44 Å². The van der Waals surface area contributed by atoms with Crippen LogP contribution in [0, 0.1) is 0 Å². The van der Waals surface area contributed by atoms with Crippen molar-refractivity contribution < 1.29 is 31.7 Å². The molecule has 0 aliphatic carbocycles. The van der Waals surface area contributed by atoms with Gasteiger partial charge in [0.05, 0.1) is 31.0 Å². The molecule has 0 aliphatic rings. The normalized spacial score (nSPS) is 13.1. The van der Waals surface area contributed by atoms with E-state index in [0.29, 0.717) is 22.9 Å². The Morgan fingerprint density at radius 3 is 1.54 bits per heavy atom. The number of nitrogens with one attached hydrogen (secondary N) is 2. The molecule has 266 valence electrons. The van der Waals surface area contributed by atoms with E-state index >= 15 is 0 Å². The van der Waals surface area contributed by atoms with Crippen LogP contribution < -0.4 is 28.7 Å². The zero-order valence-electron chi connectivity index (χ0n) is 28.7. The predicted octanol–water partition coefficient (Wildman–Crippen LogP) is 4.12. The summed E-state index contributed by atoms with van der Waals surface area (Å²) in [6, 6.07) is 30.5. The zero-order chi connectivity index (χ0) is 36.1. The van der Waals surface area contributed by atoms with Gasteiger partial charge in [-0.15, -0.1) is 0 Å². The number of carbonyl (C=O) groups excluding carboxylic acids is 2. The first kappa shape index (κ1) is 38.2. The second-order valence-electron chi connectivity index (χ2n) is 11.6. The van der Waals surface area contributed by atoms with Crippen molar-refractivity contribution in [3.8, 4) is 11.5 Å². The number of sulfonamides is 1. The predicted molar refractivity (Wildman–Crippen MR) is 198 cm³/mol. The molecule has 3 atom stereocenters. The first-order chi connectivity index (χ1) is 24.0. The second-order valence-corrected chi connectivity index (χ2v) is 14.8. The van der Waals surface area contributed by atoms with E-state index < -0.39 is 39.0 Å². The fourth-order valence-electron chi connectivity index (χ4n) is 5.27. The van der Waals surface area contributed by atoms with Gasteiger partial charge in [0.2, 0.25) is 21.8 Å². The first-order valence-corrected chi connectivity index (χ1v) is 19.0. The lowest BCUT2D eigenvalue weighted by atomic mass is 10.1. The number of benzene rings is 4. The van der Waals surface area contributed by atoms with E-state index in [1.807, 2.05) is 60.7 Å². The number of likely N-dealkylation sites (N-methyl/N-ethyl adjacent to an activating group) is 2. The van der Waals surface area contributed by atoms with E-state index in [9.17, 15) is 22.2 Å². The Kier molecular flexibility index (Phi) is 14.1. The molecule has 4 rings (SSSR count). The summed E-state index contributed by atoms with van der Waals surface area (Å²) < 4.78 is 55.9. The third kappa shape index (κ3) is 11.2. The van der Waals surface area contributed by atoms with Crippen molar-refractivity contribution in [2.24, 2.45) is 0 Å². The number of ether oxygens (including phenoxy) is 2. The summed E-state index contributed by atoms with van der Waals surface area (Å²) in [5, 5.41) is 0. The molecule has 13 heteroatoms. The Hall–Kier alpha value is -4.56. The Bertz CT molecular complexity index is 1810. The maximum absolute atomic E-state index is 13.7. The lowest BCUT2D eigenvalue weighted by molar-refractivity contribution is -0.120. The highest BCUT2D eigenvalue weighted by atomic mass is 32.2. The van der Waals surface area contributed by atoms with Gasteiger partial charge in [0, 0.05) is 31.2 Å². The third-order valence-corrected chi connectivity index (χ3v) is 10.8. The van der Waals surface area contributed by atoms with Gasteiger partial charge in [0.1, 0.15) is 23.6 Å². The fraction of sp³-hybridized carbons (Fsp3) is 0.297. The zero-order valence-corrected chi connectivity index (χ0v) is 30.3. The monoisotopic (exact) mass is 720 g/mol. The molecule has 2 N–H and O–H groups in total. The molecule has 0 saturated carbocycles. The summed E-state index contributed by atoms with van der Waals surface area (Å²) >= 11 is 0. The number of nitrogens with zero attached hydrogens (tertiary/aromatic N) is 2. The van der Waals surface area contributed by atoms with E-state index in [4.69, 9.17) is 9.47 Å². The molecule has 50 heavy (non-hydrogen) atoms. The summed E-state index contributed by atoms with van der Waals surface area (Å²) in [6.45, 7) is 0. The fourth-order valence-corrected chi connectivity index (χ4v) is 7.73. The van der Waals surface area contributed by atoms with Crippen LogP contribution in [0.3, 0.4) is 0 Å². The average Bonchev–Trinajstić information content (AvgIpc) is 3.13. The van der Waals surface area contributed by atoms with Crippen molar-refractivity contribution >= 4 is 44.2 Å². The van der Waals surface area contributed by atoms with Gasteiger partial charge >= 0.3 is 0 Å². The molecule has 4 aromatic rings. The Labute approximate surface area is 297 Å². The molecule has 0 fully saturated rings. The number of methoxy groups -OCH3 is 2. The smallest absolute Gasteiger partial charge is 0.245 e. The van der Waals surface area contributed by atoms with Crippen molar-refractivity contribution in [1.29, 1.82) is 0 Å². The van der Waals surface area contributed by atoms with Gasteiger partial charge < -0.3 is 19.3 Å². The number of hydrogen-bond acceptors (Lipinski definition) is 7. The van der Waals surface area contributed by atoms with Crippen molar-refractivity contribution in [2.45, 2.75) is 31.3 Å². The van der Waals surface area contributed by atoms with Crippen molar-refractivity contribution in [3.63, 3.8) is 0 Å². The molecule has 11 nitrogen and oxygen atoms in total. The van der Waals surface area contributed by atoms with Gasteiger partial charge in [-0.2, -0.15) is 0 Å². The van der Waals surface area contributed by atoms with Crippen molar-refractivity contribution in [3.05, 3.63) is 120 Å². The van der Waals surface area contributed by atoms with Crippen LogP contribution in [-0.2, 0) is 43.4 Å². The molecule has 0 radical (unpaired) electrons. The molecule has 0 aromatic heterocycles. The molecular formula is C37H44N4O7S2. The second kappa shape index (κ2) is 18.4. The Morgan fingerprint density at radius 2 is 1.10 bits per heavy atom. The minimum atomic E-state index is -3.98. The molecular weight excluding hydrogens is 677 g/mol. The Morgan fingerprint density at radius 1 is 0.680 bits per heavy atom. The quantitative estimate of drug-likeness (QED) is 0.158. The van der Waals surface area contributed by atoms with Gasteiger partial charge in [-0.1, -0.05) is 60.7 Å². The number of hydrogen-bond donors (Lipinski definition) is 2. The SMILES string of the molecule is COc1ccc(N(C)C(=O)[C@H](Cc2ccccc2)NS(=O)CCCS(=O)(=O)N[C@@H](Cc2ccccc2)C(=O)N(C)c2ccc(OC)cc2)cc1. The molecule has 4 aromatic carbocycles. The maximum Gasteiger partial charge on any atom is 0.245 e. The van der Waals surface area contributed by atoms with Crippen LogP contribution in [-0.4, -0.2) is 76.3 Å². The lowest BCUT2D eigenvalue weighted by Gasteiger charge is -2.25. The molecule has 0 bridgehead atoms. The van der Waals surface area contributed by atoms with Crippen molar-refractivity contribution in [1.82, 2.24) is 9.44 Å². The van der Waals surface area contributed by atoms with Crippen LogP contribution in [0.2, 0.25) is 0 Å². The van der Waals surface area contributed by atoms with Crippen LogP contribution in [0.15, 0.2) is 109 Å². The minimum absolute atomic E-state index is 0.0239. The number of amides is 2. The molecule has 2 amide bonds. The van der Waals surface area contributed by atoms with Crippen LogP contribution in [0.5, 0.6) is 11.5 Å². The van der Waals surface area contributed by atoms with E-state index in [1.165, 1.54) is 9.80 Å². The minimum Gasteiger partial charge on any atom is -0.497 e. The maximum atomic E-state index is 13.7. The van der Waals surface area contributed by atoms with E-state index in [0.717, 1.165) is 11.1 Å². The van der Waals surface area contributed by atoms with Gasteiger partial charge in [0.15, 0.2) is 0 Å². The summed E-state index contributed by atoms with van der Waals surface area (Å²) in [6.07, 6.45) is 0.435. The summed E-state index contributed by atoms with van der Waals surface area (Å²) in [5.74, 6) is 0.145. The highest BCUT2D eigenvalue weighted by Crippen LogP contribution is 2.21. The van der Waals surface area contributed by atoms with Gasteiger partial charge in [-0.05, 0) is 78.9 Å².